The molecular formula is C15H22ClN3. The molecule has 0 radical (unpaired) electrons. The van der Waals surface area contributed by atoms with Crippen molar-refractivity contribution >= 4 is 17.3 Å². The SMILES string of the molecule is Cc1ccc(NC2(CN)CCN3CCC2C3)cc1Cl. The maximum Gasteiger partial charge on any atom is 0.0548 e. The number of benzene rings is 1. The molecule has 2 bridgehead atoms. The van der Waals surface area contributed by atoms with Crippen LogP contribution >= 0.6 is 11.6 Å². The number of nitrogens with two attached hydrogens (primary N) is 1. The molecule has 2 aliphatic rings. The molecule has 19 heavy (non-hydrogen) atoms. The molecule has 3 atom stereocenters. The quantitative estimate of drug-likeness (QED) is 0.893. The van der Waals surface area contributed by atoms with Crippen LogP contribution in [-0.4, -0.2) is 36.6 Å². The van der Waals surface area contributed by atoms with Crippen LogP contribution in [0.5, 0.6) is 0 Å². The van der Waals surface area contributed by atoms with Gasteiger partial charge in [-0.05, 0) is 49.9 Å². The molecule has 0 saturated carbocycles. The Balaban J connectivity index is 1.84. The first kappa shape index (κ1) is 13.2. The summed E-state index contributed by atoms with van der Waals surface area (Å²) in [5.74, 6) is 0.659. The Hall–Kier alpha value is -0.770. The fourth-order valence-electron chi connectivity index (χ4n) is 3.49. The number of nitrogens with one attached hydrogen (secondary N) is 1. The molecule has 104 valence electrons. The van der Waals surface area contributed by atoms with E-state index in [4.69, 9.17) is 17.3 Å². The predicted octanol–water partition coefficient (Wildman–Crippen LogP) is 2.48. The summed E-state index contributed by atoms with van der Waals surface area (Å²) in [6.07, 6.45) is 2.38. The minimum atomic E-state index is 0.0472. The van der Waals surface area contributed by atoms with Crippen molar-refractivity contribution in [1.29, 1.82) is 0 Å². The molecular weight excluding hydrogens is 258 g/mol. The van der Waals surface area contributed by atoms with Gasteiger partial charge in [0.2, 0.25) is 0 Å². The highest BCUT2D eigenvalue weighted by molar-refractivity contribution is 6.31. The van der Waals surface area contributed by atoms with Gasteiger partial charge in [-0.1, -0.05) is 17.7 Å². The number of piperidine rings is 1. The Labute approximate surface area is 120 Å². The highest BCUT2D eigenvalue weighted by Crippen LogP contribution is 2.38. The maximum atomic E-state index is 6.22. The minimum absolute atomic E-state index is 0.0472. The van der Waals surface area contributed by atoms with Gasteiger partial charge in [0.1, 0.15) is 0 Å². The largest absolute Gasteiger partial charge is 0.378 e. The number of anilines is 1. The first-order valence-electron chi connectivity index (χ1n) is 7.10. The van der Waals surface area contributed by atoms with Crippen molar-refractivity contribution in [3.05, 3.63) is 28.8 Å². The van der Waals surface area contributed by atoms with Gasteiger partial charge in [0.15, 0.2) is 0 Å². The van der Waals surface area contributed by atoms with Gasteiger partial charge in [-0.25, -0.2) is 0 Å². The Bertz CT molecular complexity index is 476. The number of hydrogen-bond acceptors (Lipinski definition) is 3. The molecule has 4 heteroatoms. The lowest BCUT2D eigenvalue weighted by atomic mass is 9.78. The highest BCUT2D eigenvalue weighted by Gasteiger charge is 2.45. The van der Waals surface area contributed by atoms with E-state index >= 15 is 0 Å². The highest BCUT2D eigenvalue weighted by atomic mass is 35.5. The molecule has 0 amide bonds. The summed E-state index contributed by atoms with van der Waals surface area (Å²) >= 11 is 6.22. The van der Waals surface area contributed by atoms with Crippen molar-refractivity contribution in [3.63, 3.8) is 0 Å². The van der Waals surface area contributed by atoms with Crippen LogP contribution in [0.15, 0.2) is 18.2 Å². The second-order valence-electron chi connectivity index (χ2n) is 5.99. The molecule has 1 aromatic rings. The molecule has 2 heterocycles. The van der Waals surface area contributed by atoms with E-state index in [1.807, 2.05) is 13.0 Å². The van der Waals surface area contributed by atoms with E-state index in [0.717, 1.165) is 29.2 Å². The average molecular weight is 280 g/mol. The van der Waals surface area contributed by atoms with Crippen LogP contribution in [0, 0.1) is 12.8 Å². The molecule has 2 aliphatic heterocycles. The fraction of sp³-hybridized carbons (Fsp3) is 0.600. The van der Waals surface area contributed by atoms with Gasteiger partial charge in [-0.15, -0.1) is 0 Å². The summed E-state index contributed by atoms with van der Waals surface area (Å²) < 4.78 is 0. The second-order valence-corrected chi connectivity index (χ2v) is 6.39. The standard InChI is InChI=1S/C15H22ClN3/c1-11-2-3-13(8-14(11)16)18-15(10-17)5-7-19-6-4-12(15)9-19/h2-3,8,12,18H,4-7,9-10,17H2,1H3. The van der Waals surface area contributed by atoms with E-state index in [-0.39, 0.29) is 5.54 Å². The molecule has 0 spiro atoms. The third-order valence-electron chi connectivity index (χ3n) is 4.86. The molecule has 0 aromatic heterocycles. The number of halogens is 1. The zero-order valence-electron chi connectivity index (χ0n) is 11.5. The van der Waals surface area contributed by atoms with Crippen LogP contribution in [0.3, 0.4) is 0 Å². The zero-order chi connectivity index (χ0) is 13.5. The van der Waals surface area contributed by atoms with Crippen molar-refractivity contribution in [2.75, 3.05) is 31.5 Å². The first-order chi connectivity index (χ1) is 9.13. The molecule has 3 rings (SSSR count). The number of fused-ring (bicyclic) bond motifs is 2. The van der Waals surface area contributed by atoms with Crippen molar-refractivity contribution in [3.8, 4) is 0 Å². The van der Waals surface area contributed by atoms with E-state index in [1.54, 1.807) is 0 Å². The van der Waals surface area contributed by atoms with E-state index in [2.05, 4.69) is 22.3 Å². The zero-order valence-corrected chi connectivity index (χ0v) is 12.2. The van der Waals surface area contributed by atoms with Gasteiger partial charge in [-0.3, -0.25) is 0 Å². The van der Waals surface area contributed by atoms with Gasteiger partial charge < -0.3 is 16.0 Å². The number of rotatable bonds is 3. The molecule has 0 aliphatic carbocycles. The first-order valence-corrected chi connectivity index (χ1v) is 7.47. The summed E-state index contributed by atoms with van der Waals surface area (Å²) in [4.78, 5) is 2.54. The van der Waals surface area contributed by atoms with Gasteiger partial charge in [-0.2, -0.15) is 0 Å². The van der Waals surface area contributed by atoms with Gasteiger partial charge >= 0.3 is 0 Å². The smallest absolute Gasteiger partial charge is 0.0548 e. The Kier molecular flexibility index (Phi) is 3.46. The van der Waals surface area contributed by atoms with Crippen LogP contribution in [0.4, 0.5) is 5.69 Å². The molecule has 3 unspecified atom stereocenters. The molecule has 2 saturated heterocycles. The Morgan fingerprint density at radius 3 is 3.05 bits per heavy atom. The van der Waals surface area contributed by atoms with Crippen LogP contribution < -0.4 is 11.1 Å². The summed E-state index contributed by atoms with van der Waals surface area (Å²) in [5.41, 5.74) is 8.39. The average Bonchev–Trinajstić information content (AvgIpc) is 2.82. The normalized spacial score (nSPS) is 33.4. The second kappa shape index (κ2) is 4.97. The van der Waals surface area contributed by atoms with Crippen molar-refractivity contribution in [2.24, 2.45) is 11.7 Å². The van der Waals surface area contributed by atoms with Crippen LogP contribution in [-0.2, 0) is 0 Å². The summed E-state index contributed by atoms with van der Waals surface area (Å²) in [6.45, 7) is 6.28. The molecule has 3 N–H and O–H groups in total. The predicted molar refractivity (Wildman–Crippen MR) is 80.8 cm³/mol. The lowest BCUT2D eigenvalue weighted by molar-refractivity contribution is 0.190. The third kappa shape index (κ3) is 2.35. The maximum absolute atomic E-state index is 6.22. The number of aryl methyl sites for hydroxylation is 1. The Morgan fingerprint density at radius 2 is 2.32 bits per heavy atom. The van der Waals surface area contributed by atoms with Gasteiger partial charge in [0, 0.05) is 30.3 Å². The number of hydrogen-bond donors (Lipinski definition) is 2. The topological polar surface area (TPSA) is 41.3 Å². The van der Waals surface area contributed by atoms with E-state index in [1.165, 1.54) is 19.5 Å². The summed E-state index contributed by atoms with van der Waals surface area (Å²) in [5, 5.41) is 4.52. The summed E-state index contributed by atoms with van der Waals surface area (Å²) in [7, 11) is 0. The van der Waals surface area contributed by atoms with E-state index < -0.39 is 0 Å². The minimum Gasteiger partial charge on any atom is -0.378 e. The van der Waals surface area contributed by atoms with Gasteiger partial charge in [0.05, 0.1) is 5.54 Å². The van der Waals surface area contributed by atoms with Crippen LogP contribution in [0.1, 0.15) is 18.4 Å². The molecule has 3 nitrogen and oxygen atoms in total. The van der Waals surface area contributed by atoms with E-state index in [9.17, 15) is 0 Å². The lowest BCUT2D eigenvalue weighted by Crippen LogP contribution is -2.56. The molecule has 1 aromatic carbocycles. The van der Waals surface area contributed by atoms with E-state index in [0.29, 0.717) is 12.5 Å². The van der Waals surface area contributed by atoms with Crippen molar-refractivity contribution < 1.29 is 0 Å². The molecule has 2 fully saturated rings. The van der Waals surface area contributed by atoms with Crippen LogP contribution in [0.25, 0.3) is 0 Å². The van der Waals surface area contributed by atoms with Crippen molar-refractivity contribution in [2.45, 2.75) is 25.3 Å². The lowest BCUT2D eigenvalue weighted by Gasteiger charge is -2.43. The monoisotopic (exact) mass is 279 g/mol. The van der Waals surface area contributed by atoms with Crippen LogP contribution in [0.2, 0.25) is 5.02 Å². The third-order valence-corrected chi connectivity index (χ3v) is 5.26. The fourth-order valence-corrected chi connectivity index (χ4v) is 3.67. The number of nitrogens with zero attached hydrogens (tertiary/aromatic N) is 1. The summed E-state index contributed by atoms with van der Waals surface area (Å²) in [6, 6.07) is 6.20. The van der Waals surface area contributed by atoms with Gasteiger partial charge in [0.25, 0.3) is 0 Å². The Morgan fingerprint density at radius 1 is 1.47 bits per heavy atom. The van der Waals surface area contributed by atoms with Crippen molar-refractivity contribution in [1.82, 2.24) is 4.90 Å².